The van der Waals surface area contributed by atoms with Crippen molar-refractivity contribution in [3.05, 3.63) is 11.6 Å². The van der Waals surface area contributed by atoms with Crippen LogP contribution in [0.2, 0.25) is 0 Å². The molecule has 1 saturated heterocycles. The molecule has 1 aliphatic heterocycles. The zero-order valence-electron chi connectivity index (χ0n) is 27.6. The van der Waals surface area contributed by atoms with Crippen LogP contribution in [0.3, 0.4) is 0 Å². The quantitative estimate of drug-likeness (QED) is 0.258. The summed E-state index contributed by atoms with van der Waals surface area (Å²) >= 11 is 0. The topological polar surface area (TPSA) is 177 Å². The lowest BCUT2D eigenvalue weighted by molar-refractivity contribution is -0.184. The molecule has 11 heteroatoms. The van der Waals surface area contributed by atoms with Crippen molar-refractivity contribution in [3.63, 3.8) is 0 Å². The first-order valence-electron chi connectivity index (χ1n) is 17.0. The Labute approximate surface area is 270 Å². The lowest BCUT2D eigenvalue weighted by atomic mass is 9.45. The molecule has 0 aromatic carbocycles. The number of hydrogen-bond donors (Lipinski definition) is 4. The molecule has 11 nitrogen and oxygen atoms in total. The third-order valence-electron chi connectivity index (χ3n) is 12.5. The lowest BCUT2D eigenvalue weighted by Gasteiger charge is -2.60. The van der Waals surface area contributed by atoms with E-state index in [0.717, 1.165) is 18.4 Å². The van der Waals surface area contributed by atoms with Gasteiger partial charge in [-0.25, -0.2) is 0 Å². The Kier molecular flexibility index (Phi) is 9.63. The molecule has 2 unspecified atom stereocenters. The van der Waals surface area contributed by atoms with E-state index in [0.29, 0.717) is 38.7 Å². The first kappa shape index (κ1) is 34.7. The molecule has 0 spiro atoms. The van der Waals surface area contributed by atoms with Crippen molar-refractivity contribution in [2.45, 2.75) is 128 Å². The Bertz CT molecular complexity index is 1290. The third kappa shape index (κ3) is 6.43. The van der Waals surface area contributed by atoms with Gasteiger partial charge in [-0.1, -0.05) is 19.4 Å². The maximum atomic E-state index is 13.5. The number of Topliss-reactive ketones (excluding diaryl/α,β-unsaturated/α-hetero) is 1. The summed E-state index contributed by atoms with van der Waals surface area (Å²) in [5, 5.41) is 35.6. The van der Waals surface area contributed by atoms with Gasteiger partial charge in [0, 0.05) is 30.9 Å². The molecule has 1 amide bonds. The van der Waals surface area contributed by atoms with Crippen LogP contribution in [0.25, 0.3) is 0 Å². The van der Waals surface area contributed by atoms with Gasteiger partial charge in [0.15, 0.2) is 12.4 Å². The summed E-state index contributed by atoms with van der Waals surface area (Å²) in [5.41, 5.74) is -2.24. The lowest BCUT2D eigenvalue weighted by Crippen LogP contribution is -2.62. The number of ether oxygens (including phenoxy) is 2. The van der Waals surface area contributed by atoms with Gasteiger partial charge in [0.1, 0.15) is 5.60 Å². The molecule has 1 heterocycles. The Morgan fingerprint density at radius 1 is 1.04 bits per heavy atom. The normalized spacial score (nSPS) is 38.8. The number of aliphatic carboxylic acids is 1. The van der Waals surface area contributed by atoms with E-state index in [1.54, 1.807) is 6.08 Å². The number of carbonyl (C=O) groups is 5. The van der Waals surface area contributed by atoms with E-state index >= 15 is 0 Å². The fourth-order valence-electron chi connectivity index (χ4n) is 10.1. The summed E-state index contributed by atoms with van der Waals surface area (Å²) in [6.45, 7) is 7.72. The highest BCUT2D eigenvalue weighted by Gasteiger charge is 2.68. The number of nitrogens with one attached hydrogen (secondary N) is 1. The summed E-state index contributed by atoms with van der Waals surface area (Å²) in [5.74, 6) is -2.75. The molecule has 0 aromatic heterocycles. The number of carboxylic acids is 1. The van der Waals surface area contributed by atoms with Crippen LogP contribution in [0.5, 0.6) is 0 Å². The van der Waals surface area contributed by atoms with E-state index < -0.39 is 59.0 Å². The number of amides is 1. The fourth-order valence-corrected chi connectivity index (χ4v) is 10.1. The zero-order chi connectivity index (χ0) is 33.7. The molecule has 5 rings (SSSR count). The third-order valence-corrected chi connectivity index (χ3v) is 12.5. The molecule has 0 aromatic rings. The Morgan fingerprint density at radius 2 is 1.78 bits per heavy atom. The molecule has 9 atom stereocenters. The number of ketones is 2. The van der Waals surface area contributed by atoms with Crippen LogP contribution in [0, 0.1) is 34.5 Å². The number of aliphatic hydroxyl groups is 2. The smallest absolute Gasteiger partial charge is 0.306 e. The second-order valence-corrected chi connectivity index (χ2v) is 15.7. The van der Waals surface area contributed by atoms with Crippen molar-refractivity contribution in [1.29, 1.82) is 0 Å². The molecule has 5 aliphatic rings. The number of carbonyl (C=O) groups excluding carboxylic acids is 4. The standard InChI is InChI=1S/C35H51NO10/c1-32(2)17-20(11-14-46-32)25(16-29(41)42)36-28(40)7-8-30(43)45-19-27(39)35(44)13-10-24-23-6-5-21-15-22(37)9-12-33(21,3)31(23)26(38)18-34(24,35)4/h15,20,23-26,31,38,44H,5-14,16-19H2,1-4H3,(H,36,40)(H,41,42)/t20?,23-,24-,25?,26-,31+,33-,34-,35-/m0/s1. The molecule has 0 radical (unpaired) electrons. The zero-order valence-corrected chi connectivity index (χ0v) is 27.6. The summed E-state index contributed by atoms with van der Waals surface area (Å²) in [7, 11) is 0. The average Bonchev–Trinajstić information content (AvgIpc) is 3.24. The molecule has 4 fully saturated rings. The maximum absolute atomic E-state index is 13.5. The van der Waals surface area contributed by atoms with Crippen LogP contribution in [-0.4, -0.2) is 81.3 Å². The first-order chi connectivity index (χ1) is 21.5. The molecular weight excluding hydrogens is 594 g/mol. The second kappa shape index (κ2) is 12.8. The van der Waals surface area contributed by atoms with Crippen LogP contribution < -0.4 is 5.32 Å². The molecule has 3 saturated carbocycles. The van der Waals surface area contributed by atoms with E-state index in [1.807, 2.05) is 20.8 Å². The van der Waals surface area contributed by atoms with Gasteiger partial charge < -0.3 is 30.1 Å². The summed E-state index contributed by atoms with van der Waals surface area (Å²) in [4.78, 5) is 62.5. The van der Waals surface area contributed by atoms with Gasteiger partial charge in [0.05, 0.1) is 24.5 Å². The molecule has 0 bridgehead atoms. The second-order valence-electron chi connectivity index (χ2n) is 15.7. The predicted octanol–water partition coefficient (Wildman–Crippen LogP) is 3.28. The molecule has 46 heavy (non-hydrogen) atoms. The van der Waals surface area contributed by atoms with E-state index in [-0.39, 0.29) is 67.0 Å². The van der Waals surface area contributed by atoms with Crippen LogP contribution in [-0.2, 0) is 33.4 Å². The number of rotatable bonds is 10. The minimum atomic E-state index is -1.76. The van der Waals surface area contributed by atoms with Crippen LogP contribution in [0.1, 0.15) is 105 Å². The van der Waals surface area contributed by atoms with E-state index in [9.17, 15) is 39.3 Å². The number of aliphatic hydroxyl groups excluding tert-OH is 1. The number of fused-ring (bicyclic) bond motifs is 5. The van der Waals surface area contributed by atoms with Gasteiger partial charge in [-0.15, -0.1) is 0 Å². The molecule has 4 N–H and O–H groups in total. The predicted molar refractivity (Wildman–Crippen MR) is 165 cm³/mol. The highest BCUT2D eigenvalue weighted by atomic mass is 16.5. The van der Waals surface area contributed by atoms with E-state index in [2.05, 4.69) is 12.2 Å². The van der Waals surface area contributed by atoms with Gasteiger partial charge in [-0.3, -0.25) is 24.0 Å². The Hall–Kier alpha value is -2.63. The maximum Gasteiger partial charge on any atom is 0.306 e. The minimum absolute atomic E-state index is 0.00491. The van der Waals surface area contributed by atoms with Crippen LogP contribution in [0.4, 0.5) is 0 Å². The number of hydrogen-bond acceptors (Lipinski definition) is 9. The average molecular weight is 646 g/mol. The van der Waals surface area contributed by atoms with E-state index in [1.165, 1.54) is 0 Å². The number of esters is 1. The van der Waals surface area contributed by atoms with E-state index in [4.69, 9.17) is 9.47 Å². The Balaban J connectivity index is 1.16. The number of carboxylic acid groups (broad SMARTS) is 1. The molecular formula is C35H51NO10. The first-order valence-corrected chi connectivity index (χ1v) is 17.0. The Morgan fingerprint density at radius 3 is 2.48 bits per heavy atom. The number of allylic oxidation sites excluding steroid dienone is 1. The monoisotopic (exact) mass is 645 g/mol. The molecule has 256 valence electrons. The largest absolute Gasteiger partial charge is 0.481 e. The van der Waals surface area contributed by atoms with Crippen molar-refractivity contribution in [2.24, 2.45) is 34.5 Å². The van der Waals surface area contributed by atoms with Crippen LogP contribution >= 0.6 is 0 Å². The van der Waals surface area contributed by atoms with Gasteiger partial charge in [0.25, 0.3) is 0 Å². The van der Waals surface area contributed by atoms with Gasteiger partial charge in [-0.05, 0) is 100 Å². The van der Waals surface area contributed by atoms with Crippen molar-refractivity contribution in [2.75, 3.05) is 13.2 Å². The SMILES string of the molecule is CC1(C)CC(C(CC(=O)O)NC(=O)CCC(=O)OCC(=O)[C@@]2(O)CC[C@H]3[C@@H]4CCC5=CC(=O)CC[C@]5(C)[C@H]4[C@@H](O)C[C@@]32C)CCO1. The summed E-state index contributed by atoms with van der Waals surface area (Å²) in [6, 6.07) is -0.600. The molecule has 4 aliphatic carbocycles. The highest BCUT2D eigenvalue weighted by Crippen LogP contribution is 2.67. The fraction of sp³-hybridized carbons (Fsp3) is 0.800. The minimum Gasteiger partial charge on any atom is -0.481 e. The van der Waals surface area contributed by atoms with Crippen molar-refractivity contribution < 1.29 is 48.8 Å². The van der Waals surface area contributed by atoms with Gasteiger partial charge in [0.2, 0.25) is 11.7 Å². The summed E-state index contributed by atoms with van der Waals surface area (Å²) < 4.78 is 11.0. The van der Waals surface area contributed by atoms with Gasteiger partial charge in [-0.2, -0.15) is 0 Å². The highest BCUT2D eigenvalue weighted by molar-refractivity contribution is 5.92. The van der Waals surface area contributed by atoms with Crippen molar-refractivity contribution in [3.8, 4) is 0 Å². The van der Waals surface area contributed by atoms with Crippen molar-refractivity contribution in [1.82, 2.24) is 5.32 Å². The van der Waals surface area contributed by atoms with Crippen molar-refractivity contribution >= 4 is 29.4 Å². The summed E-state index contributed by atoms with van der Waals surface area (Å²) in [6.07, 6.45) is 5.27. The van der Waals surface area contributed by atoms with Crippen LogP contribution in [0.15, 0.2) is 11.6 Å². The van der Waals surface area contributed by atoms with Gasteiger partial charge >= 0.3 is 11.9 Å².